The molecule has 16 heavy (non-hydrogen) atoms. The fraction of sp³-hybridized carbons (Fsp3) is 0.200. The molecule has 0 aliphatic carbocycles. The minimum atomic E-state index is 0.138. The molecule has 2 rings (SSSR count). The first kappa shape index (κ1) is 12.8. The highest BCUT2D eigenvalue weighted by atomic mass is 127. The third-order valence-electron chi connectivity index (χ3n) is 2.00. The van der Waals surface area contributed by atoms with Crippen molar-refractivity contribution in [3.8, 4) is 5.75 Å². The number of hydrogen-bond acceptors (Lipinski definition) is 4. The Morgan fingerprint density at radius 3 is 2.56 bits per heavy atom. The highest BCUT2D eigenvalue weighted by Gasteiger charge is 2.16. The first-order valence-electron chi connectivity index (χ1n) is 4.47. The molecule has 6 heteroatoms. The van der Waals surface area contributed by atoms with Crippen molar-refractivity contribution in [2.24, 2.45) is 4.99 Å². The van der Waals surface area contributed by atoms with Gasteiger partial charge < -0.3 is 4.74 Å². The van der Waals surface area contributed by atoms with E-state index >= 15 is 0 Å². The van der Waals surface area contributed by atoms with Crippen molar-refractivity contribution in [1.29, 1.82) is 0 Å². The number of benzene rings is 1. The summed E-state index contributed by atoms with van der Waals surface area (Å²) in [6.45, 7) is 0.138. The molecule has 1 aliphatic rings. The van der Waals surface area contributed by atoms with Crippen LogP contribution in [0.1, 0.15) is 5.56 Å². The number of ether oxygens (including phenoxy) is 1. The average molecular weight is 383 g/mol. The fourth-order valence-corrected chi connectivity index (χ4v) is 8.64. The van der Waals surface area contributed by atoms with Gasteiger partial charge in [0.05, 0.1) is 7.11 Å². The average Bonchev–Trinajstić information content (AvgIpc) is 2.71. The molecule has 1 heterocycles. The molecule has 0 saturated carbocycles. The topological polar surface area (TPSA) is 21.6 Å². The largest absolute Gasteiger partial charge is 0.497 e. The van der Waals surface area contributed by atoms with E-state index in [9.17, 15) is 0 Å². The lowest BCUT2D eigenvalue weighted by Gasteiger charge is -2.02. The second-order valence-electron chi connectivity index (χ2n) is 2.92. The number of rotatable bonds is 2. The van der Waals surface area contributed by atoms with Crippen LogP contribution in [0.2, 0.25) is 0 Å². The Morgan fingerprint density at radius 2 is 2.06 bits per heavy atom. The molecular formula is C10H10INOS3. The second-order valence-corrected chi connectivity index (χ2v) is 11.3. The third kappa shape index (κ3) is 2.77. The minimum Gasteiger partial charge on any atom is -0.497 e. The van der Waals surface area contributed by atoms with Crippen LogP contribution >= 0.6 is 50.4 Å². The molecule has 0 aromatic heterocycles. The highest BCUT2D eigenvalue weighted by molar-refractivity contribution is 14.2. The van der Waals surface area contributed by atoms with Gasteiger partial charge in [-0.05, 0) is 48.0 Å². The molecule has 0 N–H and O–H groups in total. The second kappa shape index (κ2) is 5.79. The van der Waals surface area contributed by atoms with E-state index in [1.165, 1.54) is 10.6 Å². The summed E-state index contributed by atoms with van der Waals surface area (Å²) in [7, 11) is 3.52. The lowest BCUT2D eigenvalue weighted by molar-refractivity contribution is 0.415. The zero-order valence-electron chi connectivity index (χ0n) is 8.77. The molecule has 0 fully saturated rings. The molecule has 0 bridgehead atoms. The van der Waals surface area contributed by atoms with Gasteiger partial charge in [0, 0.05) is 26.8 Å². The lowest BCUT2D eigenvalue weighted by atomic mass is 10.2. The molecule has 1 aliphatic heterocycles. The predicted molar refractivity (Wildman–Crippen MR) is 87.3 cm³/mol. The normalized spacial score (nSPS) is 19.8. The van der Waals surface area contributed by atoms with Crippen LogP contribution in [0, 0.1) is 0 Å². The Kier molecular flexibility index (Phi) is 4.63. The summed E-state index contributed by atoms with van der Waals surface area (Å²) < 4.78 is 6.30. The Hall–Kier alpha value is 0.340. The molecule has 0 amide bonds. The van der Waals surface area contributed by atoms with Crippen LogP contribution in [-0.4, -0.2) is 22.7 Å². The summed E-state index contributed by atoms with van der Waals surface area (Å²) in [6.07, 6.45) is 2.07. The van der Waals surface area contributed by atoms with Crippen molar-refractivity contribution in [3.63, 3.8) is 0 Å². The summed E-state index contributed by atoms with van der Waals surface area (Å²) in [5, 5.41) is 0. The number of aliphatic imine (C=N–C) groups is 1. The number of thioether (sulfide) groups is 1. The zero-order valence-corrected chi connectivity index (χ0v) is 13.4. The van der Waals surface area contributed by atoms with Crippen LogP contribution in [0.4, 0.5) is 0 Å². The van der Waals surface area contributed by atoms with Gasteiger partial charge in [0.1, 0.15) is 15.1 Å². The van der Waals surface area contributed by atoms with Crippen molar-refractivity contribution < 1.29 is 4.74 Å². The molecule has 1 aromatic carbocycles. The maximum Gasteiger partial charge on any atom is 0.141 e. The van der Waals surface area contributed by atoms with Gasteiger partial charge >= 0.3 is 0 Å². The number of nitrogens with zero attached hydrogens (tertiary/aromatic N) is 1. The van der Waals surface area contributed by atoms with E-state index in [-0.39, 0.29) is 6.69 Å². The van der Waals surface area contributed by atoms with Crippen LogP contribution in [0.25, 0.3) is 0 Å². The zero-order chi connectivity index (χ0) is 11.5. The first-order valence-corrected chi connectivity index (χ1v) is 10.8. The van der Waals surface area contributed by atoms with Crippen molar-refractivity contribution in [1.82, 2.24) is 0 Å². The molecule has 1 unspecified atom stereocenters. The summed E-state index contributed by atoms with van der Waals surface area (Å²) in [6, 6.07) is 8.10. The Bertz CT molecular complexity index is 456. The number of halogens is 1. The lowest BCUT2D eigenvalue weighted by Crippen LogP contribution is -1.93. The van der Waals surface area contributed by atoms with E-state index in [1.807, 2.05) is 22.9 Å². The van der Waals surface area contributed by atoms with Crippen molar-refractivity contribution in [2.45, 2.75) is 0 Å². The molecule has 0 saturated heterocycles. The number of hydrogen-bond donors (Lipinski definition) is 0. The summed E-state index contributed by atoms with van der Waals surface area (Å²) in [5.41, 5.74) is 1.19. The maximum absolute atomic E-state index is 5.15. The molecule has 86 valence electrons. The minimum absolute atomic E-state index is 0.138. The van der Waals surface area contributed by atoms with E-state index in [0.29, 0.717) is 0 Å². The van der Waals surface area contributed by atoms with Crippen LogP contribution in [0.5, 0.6) is 5.75 Å². The standard InChI is InChI=1S/C10H10INOS3/c1-13-8-5-3-7(4-6-8)9-12-10(14-2)15-16(9)11/h3-6H,1-2H3. The van der Waals surface area contributed by atoms with Crippen molar-refractivity contribution in [3.05, 3.63) is 29.8 Å². The van der Waals surface area contributed by atoms with Crippen LogP contribution in [0.3, 0.4) is 0 Å². The summed E-state index contributed by atoms with van der Waals surface area (Å²) in [4.78, 5) is 5.81. The van der Waals surface area contributed by atoms with Crippen LogP contribution < -0.4 is 4.74 Å². The molecule has 0 radical (unpaired) electrons. The summed E-state index contributed by atoms with van der Waals surface area (Å²) in [5.74, 6) is 0.886. The van der Waals surface area contributed by atoms with Crippen molar-refractivity contribution in [2.75, 3.05) is 13.4 Å². The third-order valence-corrected chi connectivity index (χ3v) is 8.77. The van der Waals surface area contributed by atoms with Crippen LogP contribution in [-0.2, 0) is 0 Å². The molecule has 0 spiro atoms. The van der Waals surface area contributed by atoms with Gasteiger partial charge in [-0.3, -0.25) is 0 Å². The predicted octanol–water partition coefficient (Wildman–Crippen LogP) is 4.17. The molecular weight excluding hydrogens is 373 g/mol. The maximum atomic E-state index is 5.15. The SMILES string of the molecule is COc1ccc(C2=S(I)SC(SC)=N2)cc1. The van der Waals surface area contributed by atoms with E-state index in [1.54, 1.807) is 18.9 Å². The monoisotopic (exact) mass is 383 g/mol. The van der Waals surface area contributed by atoms with E-state index < -0.39 is 0 Å². The molecule has 1 atom stereocenters. The smallest absolute Gasteiger partial charge is 0.141 e. The van der Waals surface area contributed by atoms with E-state index in [0.717, 1.165) is 10.1 Å². The number of methoxy groups -OCH3 is 1. The van der Waals surface area contributed by atoms with Gasteiger partial charge in [0.25, 0.3) is 0 Å². The molecule has 1 aromatic rings. The summed E-state index contributed by atoms with van der Waals surface area (Å²) >= 11 is 4.16. The van der Waals surface area contributed by atoms with Gasteiger partial charge in [-0.25, -0.2) is 4.99 Å². The Morgan fingerprint density at radius 1 is 1.38 bits per heavy atom. The quantitative estimate of drug-likeness (QED) is 0.435. The van der Waals surface area contributed by atoms with E-state index in [2.05, 4.69) is 44.6 Å². The molecule has 2 nitrogen and oxygen atoms in total. The Balaban J connectivity index is 2.30. The van der Waals surface area contributed by atoms with Gasteiger partial charge in [0.15, 0.2) is 0 Å². The fourth-order valence-electron chi connectivity index (χ4n) is 1.21. The van der Waals surface area contributed by atoms with Gasteiger partial charge in [0.2, 0.25) is 0 Å². The van der Waals surface area contributed by atoms with Gasteiger partial charge in [-0.15, -0.1) is 11.8 Å². The highest BCUT2D eigenvalue weighted by Crippen LogP contribution is 2.48. The van der Waals surface area contributed by atoms with Gasteiger partial charge in [-0.2, -0.15) is 0 Å². The Labute approximate surface area is 118 Å². The van der Waals surface area contributed by atoms with Crippen LogP contribution in [0.15, 0.2) is 29.3 Å². The van der Waals surface area contributed by atoms with E-state index in [4.69, 9.17) is 4.74 Å². The van der Waals surface area contributed by atoms with Gasteiger partial charge in [-0.1, -0.05) is 0 Å². The van der Waals surface area contributed by atoms with Crippen molar-refractivity contribution >= 4 is 59.8 Å². The first-order chi connectivity index (χ1) is 7.74.